The van der Waals surface area contributed by atoms with E-state index in [9.17, 15) is 19.5 Å². The Balaban J connectivity index is 2.19. The molecule has 1 aromatic rings. The van der Waals surface area contributed by atoms with Crippen LogP contribution in [0.5, 0.6) is 0 Å². The van der Waals surface area contributed by atoms with Crippen LogP contribution < -0.4 is 0 Å². The topological polar surface area (TPSA) is 94.9 Å². The molecule has 2 rings (SSSR count). The molecule has 0 fully saturated rings. The number of amides is 1. The molecule has 6 nitrogen and oxygen atoms in total. The number of ketones is 1. The van der Waals surface area contributed by atoms with E-state index in [1.165, 1.54) is 11.8 Å². The van der Waals surface area contributed by atoms with Crippen LogP contribution in [0.15, 0.2) is 40.1 Å². The van der Waals surface area contributed by atoms with Gasteiger partial charge in [0.1, 0.15) is 0 Å². The molecule has 1 aliphatic rings. The molecular weight excluding hydrogens is 390 g/mol. The van der Waals surface area contributed by atoms with Gasteiger partial charge in [-0.1, -0.05) is 34.5 Å². The van der Waals surface area contributed by atoms with Crippen molar-refractivity contribution in [3.8, 4) is 0 Å². The number of nitrogens with zero attached hydrogens (tertiary/aromatic N) is 1. The molecule has 2 N–H and O–H groups in total. The van der Waals surface area contributed by atoms with Crippen LogP contribution in [0.25, 0.3) is 0 Å². The number of hydrogen-bond donors (Lipinski definition) is 2. The number of carbonyl (C=O) groups is 3. The number of aliphatic hydroxyl groups is 1. The van der Waals surface area contributed by atoms with Crippen molar-refractivity contribution in [2.24, 2.45) is 0 Å². The normalized spacial score (nSPS) is 17.3. The minimum Gasteiger partial charge on any atom is -0.503 e. The van der Waals surface area contributed by atoms with Crippen molar-refractivity contribution in [3.63, 3.8) is 0 Å². The first kappa shape index (κ1) is 19.2. The van der Waals surface area contributed by atoms with E-state index in [0.29, 0.717) is 25.8 Å². The second-order valence-corrected chi connectivity index (χ2v) is 6.89. The number of halogens is 1. The highest BCUT2D eigenvalue weighted by Crippen LogP contribution is 2.38. The number of carbonyl (C=O) groups excluding carboxylic acids is 2. The molecule has 1 unspecified atom stereocenters. The maximum absolute atomic E-state index is 12.4. The zero-order chi connectivity index (χ0) is 18.6. The zero-order valence-electron chi connectivity index (χ0n) is 13.9. The van der Waals surface area contributed by atoms with Gasteiger partial charge >= 0.3 is 5.97 Å². The molecule has 1 aliphatic heterocycles. The Morgan fingerprint density at radius 3 is 2.36 bits per heavy atom. The maximum Gasteiger partial charge on any atom is 0.303 e. The molecule has 25 heavy (non-hydrogen) atoms. The van der Waals surface area contributed by atoms with Crippen LogP contribution in [0.4, 0.5) is 0 Å². The van der Waals surface area contributed by atoms with Gasteiger partial charge in [-0.2, -0.15) is 0 Å². The lowest BCUT2D eigenvalue weighted by molar-refractivity contribution is -0.137. The van der Waals surface area contributed by atoms with E-state index in [0.717, 1.165) is 10.0 Å². The van der Waals surface area contributed by atoms with Crippen molar-refractivity contribution < 1.29 is 24.6 Å². The summed E-state index contributed by atoms with van der Waals surface area (Å²) in [7, 11) is 0. The van der Waals surface area contributed by atoms with Gasteiger partial charge in [-0.3, -0.25) is 14.4 Å². The standard InChI is InChI=1S/C18H20BrNO5/c1-11(21)15-16(12-6-8-13(19)9-7-12)20(18(25)17(15)24)10-4-2-3-5-14(22)23/h6-9,16,24H,2-5,10H2,1H3,(H,22,23). The van der Waals surface area contributed by atoms with E-state index in [4.69, 9.17) is 5.11 Å². The number of aliphatic hydroxyl groups excluding tert-OH is 1. The fourth-order valence-corrected chi connectivity index (χ4v) is 3.23. The van der Waals surface area contributed by atoms with E-state index >= 15 is 0 Å². The van der Waals surface area contributed by atoms with Crippen LogP contribution in [-0.4, -0.2) is 39.3 Å². The molecule has 134 valence electrons. The Labute approximate surface area is 154 Å². The second-order valence-electron chi connectivity index (χ2n) is 5.98. The lowest BCUT2D eigenvalue weighted by Crippen LogP contribution is -2.32. The SMILES string of the molecule is CC(=O)C1=C(O)C(=O)N(CCCCCC(=O)O)C1c1ccc(Br)cc1. The highest BCUT2D eigenvalue weighted by Gasteiger charge is 2.41. The maximum atomic E-state index is 12.4. The first-order chi connectivity index (χ1) is 11.8. The summed E-state index contributed by atoms with van der Waals surface area (Å²) in [5.41, 5.74) is 0.856. The van der Waals surface area contributed by atoms with Crippen LogP contribution >= 0.6 is 15.9 Å². The number of aliphatic carboxylic acids is 1. The van der Waals surface area contributed by atoms with Gasteiger partial charge in [0, 0.05) is 17.4 Å². The predicted molar refractivity (Wildman–Crippen MR) is 95.0 cm³/mol. The number of hydrogen-bond acceptors (Lipinski definition) is 4. The van der Waals surface area contributed by atoms with Gasteiger partial charge in [0.05, 0.1) is 11.6 Å². The van der Waals surface area contributed by atoms with Gasteiger partial charge < -0.3 is 15.1 Å². The summed E-state index contributed by atoms with van der Waals surface area (Å²) in [5.74, 6) is -2.24. The fraction of sp³-hybridized carbons (Fsp3) is 0.389. The minimum atomic E-state index is -0.844. The van der Waals surface area contributed by atoms with E-state index in [1.807, 2.05) is 12.1 Å². The van der Waals surface area contributed by atoms with Crippen LogP contribution in [0, 0.1) is 0 Å². The lowest BCUT2D eigenvalue weighted by Gasteiger charge is -2.26. The van der Waals surface area contributed by atoms with Crippen molar-refractivity contribution in [2.45, 2.75) is 38.6 Å². The van der Waals surface area contributed by atoms with Gasteiger partial charge in [0.15, 0.2) is 11.5 Å². The third-order valence-corrected chi connectivity index (χ3v) is 4.69. The number of unbranched alkanes of at least 4 members (excludes halogenated alkanes) is 2. The Morgan fingerprint density at radius 1 is 1.16 bits per heavy atom. The quantitative estimate of drug-likeness (QED) is 0.641. The van der Waals surface area contributed by atoms with Gasteiger partial charge in [-0.15, -0.1) is 0 Å². The van der Waals surface area contributed by atoms with Crippen LogP contribution in [0.3, 0.4) is 0 Å². The number of rotatable bonds is 8. The van der Waals surface area contributed by atoms with Gasteiger partial charge in [0.2, 0.25) is 0 Å². The first-order valence-corrected chi connectivity index (χ1v) is 8.84. The molecule has 1 heterocycles. The third kappa shape index (κ3) is 4.48. The third-order valence-electron chi connectivity index (χ3n) is 4.16. The van der Waals surface area contributed by atoms with Crippen molar-refractivity contribution >= 4 is 33.6 Å². The molecule has 0 bridgehead atoms. The Hall–Kier alpha value is -2.15. The predicted octanol–water partition coefficient (Wildman–Crippen LogP) is 3.38. The van der Waals surface area contributed by atoms with E-state index in [1.54, 1.807) is 12.1 Å². The Bertz CT molecular complexity index is 711. The van der Waals surface area contributed by atoms with E-state index < -0.39 is 23.7 Å². The summed E-state index contributed by atoms with van der Waals surface area (Å²) in [5, 5.41) is 18.8. The molecule has 1 aromatic carbocycles. The molecule has 7 heteroatoms. The number of carboxylic acids is 1. The molecule has 0 aromatic heterocycles. The minimum absolute atomic E-state index is 0.0896. The number of carboxylic acid groups (broad SMARTS) is 1. The summed E-state index contributed by atoms with van der Waals surface area (Å²) in [4.78, 5) is 36.4. The molecule has 0 saturated carbocycles. The summed E-state index contributed by atoms with van der Waals surface area (Å²) in [6.45, 7) is 1.68. The Kier molecular flexibility index (Phi) is 6.36. The van der Waals surface area contributed by atoms with E-state index in [2.05, 4.69) is 15.9 Å². The van der Waals surface area contributed by atoms with Crippen LogP contribution in [0.1, 0.15) is 44.2 Å². The molecule has 0 radical (unpaired) electrons. The van der Waals surface area contributed by atoms with Gasteiger partial charge in [-0.05, 0) is 37.5 Å². The van der Waals surface area contributed by atoms with Crippen molar-refractivity contribution in [1.29, 1.82) is 0 Å². The van der Waals surface area contributed by atoms with Crippen molar-refractivity contribution in [3.05, 3.63) is 45.6 Å². The van der Waals surface area contributed by atoms with Gasteiger partial charge in [-0.25, -0.2) is 0 Å². The second kappa shape index (κ2) is 8.29. The molecule has 0 spiro atoms. The van der Waals surface area contributed by atoms with Gasteiger partial charge in [0.25, 0.3) is 5.91 Å². The molecule has 0 aliphatic carbocycles. The monoisotopic (exact) mass is 409 g/mol. The summed E-state index contributed by atoms with van der Waals surface area (Å²) in [6, 6.07) is 6.63. The first-order valence-electron chi connectivity index (χ1n) is 8.05. The highest BCUT2D eigenvalue weighted by atomic mass is 79.9. The number of Topliss-reactive ketones (excluding diaryl/α,β-unsaturated/α-hetero) is 1. The summed E-state index contributed by atoms with van der Waals surface area (Å²) >= 11 is 3.35. The summed E-state index contributed by atoms with van der Waals surface area (Å²) < 4.78 is 0.873. The largest absolute Gasteiger partial charge is 0.503 e. The van der Waals surface area contributed by atoms with Crippen molar-refractivity contribution in [1.82, 2.24) is 4.90 Å². The fourth-order valence-electron chi connectivity index (χ4n) is 2.97. The van der Waals surface area contributed by atoms with E-state index in [-0.39, 0.29) is 17.8 Å². The molecule has 0 saturated heterocycles. The molecule has 1 amide bonds. The zero-order valence-corrected chi connectivity index (χ0v) is 15.5. The lowest BCUT2D eigenvalue weighted by atomic mass is 9.96. The summed E-state index contributed by atoms with van der Waals surface area (Å²) in [6.07, 6.45) is 1.87. The average Bonchev–Trinajstić information content (AvgIpc) is 2.80. The number of benzene rings is 1. The Morgan fingerprint density at radius 2 is 1.80 bits per heavy atom. The highest BCUT2D eigenvalue weighted by molar-refractivity contribution is 9.10. The molecule has 1 atom stereocenters. The van der Waals surface area contributed by atoms with Crippen LogP contribution in [-0.2, 0) is 14.4 Å². The van der Waals surface area contributed by atoms with Crippen molar-refractivity contribution in [2.75, 3.05) is 6.54 Å². The average molecular weight is 410 g/mol. The molecular formula is C18H20BrNO5. The van der Waals surface area contributed by atoms with Crippen LogP contribution in [0.2, 0.25) is 0 Å². The smallest absolute Gasteiger partial charge is 0.303 e.